The Labute approximate surface area is 119 Å². The molecule has 19 heavy (non-hydrogen) atoms. The number of hydrogen-bond donors (Lipinski definition) is 2. The van der Waals surface area contributed by atoms with E-state index >= 15 is 0 Å². The lowest BCUT2D eigenvalue weighted by Crippen LogP contribution is -2.27. The standard InChI is InChI=1S/C13H18N2O2S2/c1-2-10-8-12(10)15-19(16,17)11-5-3-9(4-6-11)7-13(14)18/h3-6,10,12,15H,2,7-8H2,1H3,(H2,14,18). The van der Waals surface area contributed by atoms with Crippen LogP contribution in [0.25, 0.3) is 0 Å². The largest absolute Gasteiger partial charge is 0.393 e. The monoisotopic (exact) mass is 298 g/mol. The molecule has 4 nitrogen and oxygen atoms in total. The Hall–Kier alpha value is -0.980. The van der Waals surface area contributed by atoms with Gasteiger partial charge < -0.3 is 5.73 Å². The first-order valence-electron chi connectivity index (χ1n) is 6.32. The summed E-state index contributed by atoms with van der Waals surface area (Å²) in [6.07, 6.45) is 2.44. The van der Waals surface area contributed by atoms with Crippen LogP contribution >= 0.6 is 12.2 Å². The van der Waals surface area contributed by atoms with Crippen molar-refractivity contribution in [3.8, 4) is 0 Å². The smallest absolute Gasteiger partial charge is 0.240 e. The van der Waals surface area contributed by atoms with Gasteiger partial charge in [-0.1, -0.05) is 37.7 Å². The molecule has 1 saturated carbocycles. The molecule has 0 saturated heterocycles. The van der Waals surface area contributed by atoms with E-state index in [1.807, 2.05) is 0 Å². The van der Waals surface area contributed by atoms with Crippen LogP contribution < -0.4 is 10.5 Å². The van der Waals surface area contributed by atoms with Crippen LogP contribution in [0, 0.1) is 5.92 Å². The molecule has 0 spiro atoms. The number of rotatable bonds is 6. The van der Waals surface area contributed by atoms with Gasteiger partial charge in [-0.05, 0) is 30.0 Å². The van der Waals surface area contributed by atoms with Crippen molar-refractivity contribution in [1.29, 1.82) is 0 Å². The molecule has 0 heterocycles. The Morgan fingerprint density at radius 2 is 2.05 bits per heavy atom. The molecular formula is C13H18N2O2S2. The van der Waals surface area contributed by atoms with Gasteiger partial charge in [-0.15, -0.1) is 0 Å². The fourth-order valence-corrected chi connectivity index (χ4v) is 3.58. The zero-order valence-corrected chi connectivity index (χ0v) is 12.4. The third-order valence-corrected chi connectivity index (χ3v) is 5.02. The summed E-state index contributed by atoms with van der Waals surface area (Å²) < 4.78 is 27.0. The highest BCUT2D eigenvalue weighted by molar-refractivity contribution is 7.89. The molecule has 0 aromatic heterocycles. The second-order valence-electron chi connectivity index (χ2n) is 4.92. The summed E-state index contributed by atoms with van der Waals surface area (Å²) in [7, 11) is -3.40. The molecule has 0 radical (unpaired) electrons. The Balaban J connectivity index is 2.06. The lowest BCUT2D eigenvalue weighted by Gasteiger charge is -2.07. The zero-order chi connectivity index (χ0) is 14.0. The van der Waals surface area contributed by atoms with E-state index in [0.717, 1.165) is 18.4 Å². The van der Waals surface area contributed by atoms with Crippen molar-refractivity contribution in [3.63, 3.8) is 0 Å². The van der Waals surface area contributed by atoms with Gasteiger partial charge in [-0.3, -0.25) is 0 Å². The molecule has 104 valence electrons. The van der Waals surface area contributed by atoms with E-state index < -0.39 is 10.0 Å². The van der Waals surface area contributed by atoms with Gasteiger partial charge in [0.25, 0.3) is 0 Å². The van der Waals surface area contributed by atoms with Crippen molar-refractivity contribution in [2.24, 2.45) is 11.7 Å². The quantitative estimate of drug-likeness (QED) is 0.782. The highest BCUT2D eigenvalue weighted by Gasteiger charge is 2.38. The molecule has 1 aliphatic rings. The zero-order valence-electron chi connectivity index (χ0n) is 10.8. The summed E-state index contributed by atoms with van der Waals surface area (Å²) >= 11 is 4.82. The molecule has 2 atom stereocenters. The number of nitrogens with two attached hydrogens (primary N) is 1. The molecule has 3 N–H and O–H groups in total. The van der Waals surface area contributed by atoms with Crippen molar-refractivity contribution in [1.82, 2.24) is 4.72 Å². The lowest BCUT2D eigenvalue weighted by atomic mass is 10.1. The molecule has 2 rings (SSSR count). The normalized spacial score (nSPS) is 22.2. The fraction of sp³-hybridized carbons (Fsp3) is 0.462. The molecule has 1 aliphatic carbocycles. The average molecular weight is 298 g/mol. The molecular weight excluding hydrogens is 280 g/mol. The topological polar surface area (TPSA) is 72.2 Å². The van der Waals surface area contributed by atoms with Crippen LogP contribution in [-0.4, -0.2) is 19.4 Å². The van der Waals surface area contributed by atoms with Crippen molar-refractivity contribution in [3.05, 3.63) is 29.8 Å². The lowest BCUT2D eigenvalue weighted by molar-refractivity contribution is 0.576. The van der Waals surface area contributed by atoms with Crippen LogP contribution in [0.4, 0.5) is 0 Å². The number of benzene rings is 1. The fourth-order valence-electron chi connectivity index (χ4n) is 2.10. The summed E-state index contributed by atoms with van der Waals surface area (Å²) in [5, 5.41) is 0. The van der Waals surface area contributed by atoms with Gasteiger partial charge in [-0.2, -0.15) is 0 Å². The predicted octanol–water partition coefficient (Wildman–Crippen LogP) is 1.59. The van der Waals surface area contributed by atoms with Crippen molar-refractivity contribution >= 4 is 27.2 Å². The Morgan fingerprint density at radius 3 is 2.53 bits per heavy atom. The molecule has 0 bridgehead atoms. The first-order chi connectivity index (χ1) is 8.92. The molecule has 1 aromatic carbocycles. The van der Waals surface area contributed by atoms with Gasteiger partial charge in [0, 0.05) is 12.5 Å². The Kier molecular flexibility index (Phi) is 4.23. The number of sulfonamides is 1. The highest BCUT2D eigenvalue weighted by atomic mass is 32.2. The van der Waals surface area contributed by atoms with Crippen molar-refractivity contribution in [2.45, 2.75) is 37.1 Å². The summed E-state index contributed by atoms with van der Waals surface area (Å²) in [4.78, 5) is 0.693. The Morgan fingerprint density at radius 1 is 1.42 bits per heavy atom. The van der Waals surface area contributed by atoms with Crippen LogP contribution in [0.3, 0.4) is 0 Å². The summed E-state index contributed by atoms with van der Waals surface area (Å²) in [5.74, 6) is 0.490. The minimum atomic E-state index is -3.40. The van der Waals surface area contributed by atoms with E-state index in [4.69, 9.17) is 18.0 Å². The maximum Gasteiger partial charge on any atom is 0.240 e. The van der Waals surface area contributed by atoms with Crippen LogP contribution in [0.5, 0.6) is 0 Å². The van der Waals surface area contributed by atoms with Gasteiger partial charge in [0.1, 0.15) is 0 Å². The van der Waals surface area contributed by atoms with Crippen LogP contribution in [0.2, 0.25) is 0 Å². The van der Waals surface area contributed by atoms with E-state index in [1.54, 1.807) is 24.3 Å². The van der Waals surface area contributed by atoms with E-state index in [1.165, 1.54) is 0 Å². The Bertz CT molecular complexity index is 567. The summed E-state index contributed by atoms with van der Waals surface area (Å²) in [6, 6.07) is 6.79. The number of hydrogen-bond acceptors (Lipinski definition) is 3. The van der Waals surface area contributed by atoms with E-state index in [-0.39, 0.29) is 6.04 Å². The first kappa shape index (κ1) is 14.4. The summed E-state index contributed by atoms with van der Waals surface area (Å²) in [5.41, 5.74) is 6.37. The minimum absolute atomic E-state index is 0.103. The molecule has 1 fully saturated rings. The van der Waals surface area contributed by atoms with Gasteiger partial charge in [0.05, 0.1) is 9.88 Å². The van der Waals surface area contributed by atoms with Gasteiger partial charge in [-0.25, -0.2) is 13.1 Å². The molecule has 0 amide bonds. The van der Waals surface area contributed by atoms with E-state index in [9.17, 15) is 8.42 Å². The van der Waals surface area contributed by atoms with Crippen molar-refractivity contribution < 1.29 is 8.42 Å². The molecule has 2 unspecified atom stereocenters. The van der Waals surface area contributed by atoms with E-state index in [0.29, 0.717) is 22.2 Å². The molecule has 1 aromatic rings. The van der Waals surface area contributed by atoms with Gasteiger partial charge in [0.2, 0.25) is 10.0 Å². The first-order valence-corrected chi connectivity index (χ1v) is 8.21. The maximum absolute atomic E-state index is 12.1. The summed E-state index contributed by atoms with van der Waals surface area (Å²) in [6.45, 7) is 2.07. The second kappa shape index (κ2) is 5.56. The number of thiocarbonyl (C=S) groups is 1. The predicted molar refractivity (Wildman–Crippen MR) is 79.4 cm³/mol. The van der Waals surface area contributed by atoms with Crippen molar-refractivity contribution in [2.75, 3.05) is 0 Å². The van der Waals surface area contributed by atoms with Crippen LogP contribution in [-0.2, 0) is 16.4 Å². The maximum atomic E-state index is 12.1. The third-order valence-electron chi connectivity index (χ3n) is 3.37. The van der Waals surface area contributed by atoms with Crippen LogP contribution in [0.1, 0.15) is 25.3 Å². The minimum Gasteiger partial charge on any atom is -0.393 e. The van der Waals surface area contributed by atoms with Gasteiger partial charge in [0.15, 0.2) is 0 Å². The highest BCUT2D eigenvalue weighted by Crippen LogP contribution is 2.34. The number of nitrogens with one attached hydrogen (secondary N) is 1. The third kappa shape index (κ3) is 3.75. The molecule has 6 heteroatoms. The molecule has 0 aliphatic heterocycles. The average Bonchev–Trinajstić information content (AvgIpc) is 3.06. The van der Waals surface area contributed by atoms with Gasteiger partial charge >= 0.3 is 0 Å². The SMILES string of the molecule is CCC1CC1NS(=O)(=O)c1ccc(CC(N)=S)cc1. The van der Waals surface area contributed by atoms with Crippen LogP contribution in [0.15, 0.2) is 29.2 Å². The second-order valence-corrected chi connectivity index (χ2v) is 7.16. The van der Waals surface area contributed by atoms with E-state index in [2.05, 4.69) is 11.6 Å².